The van der Waals surface area contributed by atoms with Crippen molar-refractivity contribution in [3.05, 3.63) is 41.8 Å². The molecule has 1 aromatic carbocycles. The summed E-state index contributed by atoms with van der Waals surface area (Å²) in [4.78, 5) is 1.45. The number of hydrogen-bond acceptors (Lipinski definition) is 6. The molecule has 138 valence electrons. The third-order valence-corrected chi connectivity index (χ3v) is 4.13. The Labute approximate surface area is 153 Å². The Kier molecular flexibility index (Phi) is 6.35. The van der Waals surface area contributed by atoms with E-state index in [9.17, 15) is 0 Å². The van der Waals surface area contributed by atoms with Crippen molar-refractivity contribution in [3.63, 3.8) is 0 Å². The topological polar surface area (TPSA) is 78.9 Å². The summed E-state index contributed by atoms with van der Waals surface area (Å²) in [6.07, 6.45) is 6.79. The van der Waals surface area contributed by atoms with Crippen molar-refractivity contribution in [2.45, 2.75) is 45.4 Å². The monoisotopic (exact) mass is 355 g/mol. The number of aryl methyl sites for hydroxylation is 3. The van der Waals surface area contributed by atoms with E-state index in [1.54, 1.807) is 7.05 Å². The van der Waals surface area contributed by atoms with Gasteiger partial charge in [-0.2, -0.15) is 4.80 Å². The van der Waals surface area contributed by atoms with Gasteiger partial charge in [-0.05, 0) is 49.2 Å². The second kappa shape index (κ2) is 9.12. The predicted octanol–water partition coefficient (Wildman–Crippen LogP) is 3.75. The number of ether oxygens (including phenoxy) is 1. The van der Waals surface area contributed by atoms with E-state index in [1.165, 1.54) is 24.1 Å². The first-order chi connectivity index (χ1) is 12.7. The fourth-order valence-corrected chi connectivity index (χ4v) is 2.76. The third kappa shape index (κ3) is 5.40. The summed E-state index contributed by atoms with van der Waals surface area (Å²) < 4.78 is 11.0. The van der Waals surface area contributed by atoms with Gasteiger partial charge < -0.3 is 9.26 Å². The molecule has 0 amide bonds. The van der Waals surface area contributed by atoms with Crippen LogP contribution < -0.4 is 4.74 Å². The van der Waals surface area contributed by atoms with Gasteiger partial charge in [-0.3, -0.25) is 0 Å². The van der Waals surface area contributed by atoms with Gasteiger partial charge in [0.25, 0.3) is 0 Å². The number of rotatable bonds is 10. The highest BCUT2D eigenvalue weighted by molar-refractivity contribution is 5.55. The molecule has 2 heterocycles. The normalized spacial score (nSPS) is 11.0. The lowest BCUT2D eigenvalue weighted by Crippen LogP contribution is -1.97. The first-order valence-electron chi connectivity index (χ1n) is 9.10. The van der Waals surface area contributed by atoms with Gasteiger partial charge in [-0.25, -0.2) is 0 Å². The van der Waals surface area contributed by atoms with Gasteiger partial charge in [-0.15, -0.1) is 10.2 Å². The predicted molar refractivity (Wildman–Crippen MR) is 97.8 cm³/mol. The summed E-state index contributed by atoms with van der Waals surface area (Å²) in [5.74, 6) is 2.49. The van der Waals surface area contributed by atoms with Crippen LogP contribution in [0, 0.1) is 6.92 Å². The molecular formula is C19H25N5O2. The van der Waals surface area contributed by atoms with Crippen LogP contribution in [0.1, 0.15) is 43.6 Å². The van der Waals surface area contributed by atoms with Crippen molar-refractivity contribution < 1.29 is 9.26 Å². The lowest BCUT2D eigenvalue weighted by atomic mass is 10.1. The number of benzene rings is 1. The zero-order valence-corrected chi connectivity index (χ0v) is 15.4. The lowest BCUT2D eigenvalue weighted by molar-refractivity contribution is 0.304. The van der Waals surface area contributed by atoms with Gasteiger partial charge in [0.1, 0.15) is 11.5 Å². The Bertz CT molecular complexity index is 794. The molecule has 7 heteroatoms. The van der Waals surface area contributed by atoms with Crippen molar-refractivity contribution in [1.82, 2.24) is 25.4 Å². The number of tetrazole rings is 1. The van der Waals surface area contributed by atoms with Crippen LogP contribution in [0.3, 0.4) is 0 Å². The van der Waals surface area contributed by atoms with Gasteiger partial charge in [0, 0.05) is 18.1 Å². The zero-order chi connectivity index (χ0) is 18.2. The minimum atomic E-state index is 0.625. The fourth-order valence-electron chi connectivity index (χ4n) is 2.76. The van der Waals surface area contributed by atoms with Gasteiger partial charge >= 0.3 is 0 Å². The molecular weight excluding hydrogens is 330 g/mol. The van der Waals surface area contributed by atoms with E-state index in [0.717, 1.165) is 48.6 Å². The molecule has 0 fully saturated rings. The fraction of sp³-hybridized carbons (Fsp3) is 0.474. The average Bonchev–Trinajstić information content (AvgIpc) is 3.26. The minimum absolute atomic E-state index is 0.625. The van der Waals surface area contributed by atoms with E-state index in [0.29, 0.717) is 5.82 Å². The SMILES string of the molecule is Cc1cc(CCCCCCCOc2ccc(-c3nnn(C)n3)cc2)on1. The highest BCUT2D eigenvalue weighted by atomic mass is 16.5. The van der Waals surface area contributed by atoms with Crippen molar-refractivity contribution in [3.8, 4) is 17.1 Å². The molecule has 0 N–H and O–H groups in total. The lowest BCUT2D eigenvalue weighted by Gasteiger charge is -2.06. The summed E-state index contributed by atoms with van der Waals surface area (Å²) in [5, 5.41) is 15.9. The quantitative estimate of drug-likeness (QED) is 0.515. The number of aromatic nitrogens is 5. The highest BCUT2D eigenvalue weighted by Crippen LogP contribution is 2.19. The van der Waals surface area contributed by atoms with Crippen molar-refractivity contribution >= 4 is 0 Å². The smallest absolute Gasteiger partial charge is 0.204 e. The standard InChI is InChI=1S/C19H25N5O2/c1-15-14-18(26-22-15)8-6-4-3-5-7-13-25-17-11-9-16(10-12-17)19-20-23-24(2)21-19/h9-12,14H,3-8,13H2,1-2H3. The molecule has 0 bridgehead atoms. The van der Waals surface area contributed by atoms with Crippen molar-refractivity contribution in [2.75, 3.05) is 6.61 Å². The number of hydrogen-bond donors (Lipinski definition) is 0. The van der Waals surface area contributed by atoms with Crippen LogP contribution >= 0.6 is 0 Å². The maximum absolute atomic E-state index is 5.80. The van der Waals surface area contributed by atoms with Crippen LogP contribution in [0.15, 0.2) is 34.9 Å². The third-order valence-electron chi connectivity index (χ3n) is 4.13. The van der Waals surface area contributed by atoms with Gasteiger partial charge in [-0.1, -0.05) is 24.4 Å². The van der Waals surface area contributed by atoms with Crippen molar-refractivity contribution in [2.24, 2.45) is 7.05 Å². The van der Waals surface area contributed by atoms with Crippen LogP contribution in [0.25, 0.3) is 11.4 Å². The molecule has 0 unspecified atom stereocenters. The van der Waals surface area contributed by atoms with Gasteiger partial charge in [0.2, 0.25) is 5.82 Å². The van der Waals surface area contributed by atoms with Crippen LogP contribution in [-0.4, -0.2) is 32.0 Å². The molecule has 0 atom stereocenters. The minimum Gasteiger partial charge on any atom is -0.494 e. The molecule has 0 radical (unpaired) electrons. The molecule has 0 aliphatic rings. The van der Waals surface area contributed by atoms with Gasteiger partial charge in [0.05, 0.1) is 19.3 Å². The maximum atomic E-state index is 5.80. The van der Waals surface area contributed by atoms with Crippen LogP contribution in [0.4, 0.5) is 0 Å². The molecule has 26 heavy (non-hydrogen) atoms. The molecule has 2 aromatic heterocycles. The molecule has 0 aliphatic heterocycles. The molecule has 3 aromatic rings. The molecule has 0 aliphatic carbocycles. The number of unbranched alkanes of at least 4 members (excludes halogenated alkanes) is 4. The molecule has 3 rings (SSSR count). The van der Waals surface area contributed by atoms with Crippen molar-refractivity contribution in [1.29, 1.82) is 0 Å². The summed E-state index contributed by atoms with van der Waals surface area (Å²) in [5.41, 5.74) is 1.89. The average molecular weight is 355 g/mol. The summed E-state index contributed by atoms with van der Waals surface area (Å²) in [6, 6.07) is 9.82. The largest absolute Gasteiger partial charge is 0.494 e. The molecule has 7 nitrogen and oxygen atoms in total. The summed E-state index contributed by atoms with van der Waals surface area (Å²) in [7, 11) is 1.75. The van der Waals surface area contributed by atoms with E-state index in [-0.39, 0.29) is 0 Å². The van der Waals surface area contributed by atoms with E-state index < -0.39 is 0 Å². The first-order valence-corrected chi connectivity index (χ1v) is 9.10. The molecule has 0 saturated carbocycles. The van der Waals surface area contributed by atoms with E-state index in [1.807, 2.05) is 37.3 Å². The summed E-state index contributed by atoms with van der Waals surface area (Å²) >= 11 is 0. The second-order valence-electron chi connectivity index (χ2n) is 6.43. The number of nitrogens with zero attached hydrogens (tertiary/aromatic N) is 5. The van der Waals surface area contributed by atoms with Crippen LogP contribution in [0.5, 0.6) is 5.75 Å². The van der Waals surface area contributed by atoms with E-state index in [4.69, 9.17) is 9.26 Å². The Hall–Kier alpha value is -2.70. The van der Waals surface area contributed by atoms with E-state index in [2.05, 4.69) is 20.6 Å². The summed E-state index contributed by atoms with van der Waals surface area (Å²) in [6.45, 7) is 2.69. The van der Waals surface area contributed by atoms with E-state index >= 15 is 0 Å². The van der Waals surface area contributed by atoms with Gasteiger partial charge in [0.15, 0.2) is 0 Å². The Morgan fingerprint density at radius 1 is 1.04 bits per heavy atom. The Balaban J connectivity index is 1.26. The van der Waals surface area contributed by atoms with Crippen LogP contribution in [-0.2, 0) is 13.5 Å². The van der Waals surface area contributed by atoms with Crippen LogP contribution in [0.2, 0.25) is 0 Å². The Morgan fingerprint density at radius 3 is 2.50 bits per heavy atom. The maximum Gasteiger partial charge on any atom is 0.204 e. The Morgan fingerprint density at radius 2 is 1.81 bits per heavy atom. The zero-order valence-electron chi connectivity index (χ0n) is 15.4. The molecule has 0 spiro atoms. The highest BCUT2D eigenvalue weighted by Gasteiger charge is 2.04. The first kappa shape index (κ1) is 18.1. The second-order valence-corrected chi connectivity index (χ2v) is 6.43. The molecule has 0 saturated heterocycles.